The molecule has 3 amide bonds. The molecule has 1 saturated carbocycles. The highest BCUT2D eigenvalue weighted by Gasteiger charge is 2.33. The van der Waals surface area contributed by atoms with Gasteiger partial charge in [-0.3, -0.25) is 9.74 Å². The standard InChI is InChI=1S/C21H27FN4O5/c1-14(27)2-6-17-13-25(21(29)31-17)16-5-7-19(18(22)12-16)24-8-9-26(30-11-10-24)20(28)23-15-3-4-15/h5,7,12,15,17H,2-4,6,8-11,13H2,1H3,(H,23,28)/t17-/m0/s1. The Bertz CT molecular complexity index is 862. The van der Waals surface area contributed by atoms with E-state index >= 15 is 0 Å². The monoisotopic (exact) mass is 434 g/mol. The third-order valence-corrected chi connectivity index (χ3v) is 5.59. The summed E-state index contributed by atoms with van der Waals surface area (Å²) in [7, 11) is 0. The Balaban J connectivity index is 1.37. The first-order chi connectivity index (χ1) is 14.9. The minimum absolute atomic E-state index is 0.0370. The highest BCUT2D eigenvalue weighted by molar-refractivity contribution is 5.90. The van der Waals surface area contributed by atoms with Gasteiger partial charge in [-0.1, -0.05) is 0 Å². The van der Waals surface area contributed by atoms with Gasteiger partial charge in [0.05, 0.1) is 31.1 Å². The molecule has 1 aromatic carbocycles. The third-order valence-electron chi connectivity index (χ3n) is 5.59. The van der Waals surface area contributed by atoms with Crippen molar-refractivity contribution in [3.8, 4) is 0 Å². The summed E-state index contributed by atoms with van der Waals surface area (Å²) in [5.41, 5.74) is 0.797. The molecule has 168 valence electrons. The van der Waals surface area contributed by atoms with Crippen molar-refractivity contribution in [2.75, 3.05) is 42.6 Å². The molecule has 2 saturated heterocycles. The van der Waals surface area contributed by atoms with Crippen molar-refractivity contribution < 1.29 is 28.3 Å². The van der Waals surface area contributed by atoms with Crippen molar-refractivity contribution in [3.05, 3.63) is 24.0 Å². The predicted octanol–water partition coefficient (Wildman–Crippen LogP) is 2.45. The van der Waals surface area contributed by atoms with Gasteiger partial charge in [-0.05, 0) is 44.4 Å². The number of hydroxylamine groups is 2. The number of hydrogen-bond donors (Lipinski definition) is 1. The highest BCUT2D eigenvalue weighted by Crippen LogP contribution is 2.29. The SMILES string of the molecule is CC(=O)CC[C@H]1CN(c2ccc(N3CCON(C(=O)NC4CC4)CC3)c(F)c2)C(=O)O1. The van der Waals surface area contributed by atoms with Gasteiger partial charge in [0.25, 0.3) is 0 Å². The van der Waals surface area contributed by atoms with Crippen LogP contribution in [0.15, 0.2) is 18.2 Å². The molecule has 10 heteroatoms. The van der Waals surface area contributed by atoms with E-state index in [2.05, 4.69) is 5.32 Å². The normalized spacial score (nSPS) is 21.7. The minimum atomic E-state index is -0.541. The van der Waals surface area contributed by atoms with Crippen molar-refractivity contribution in [2.45, 2.75) is 44.8 Å². The average molecular weight is 434 g/mol. The van der Waals surface area contributed by atoms with Gasteiger partial charge in [-0.2, -0.15) is 0 Å². The maximum atomic E-state index is 14.9. The third kappa shape index (κ3) is 5.25. The number of ketones is 1. The van der Waals surface area contributed by atoms with Crippen LogP contribution in [-0.4, -0.2) is 67.9 Å². The number of nitrogens with one attached hydrogen (secondary N) is 1. The van der Waals surface area contributed by atoms with Gasteiger partial charge in [-0.25, -0.2) is 19.0 Å². The summed E-state index contributed by atoms with van der Waals surface area (Å²) in [6.07, 6.45) is 1.86. The average Bonchev–Trinajstić information content (AvgIpc) is 3.50. The summed E-state index contributed by atoms with van der Waals surface area (Å²) in [6.45, 7) is 3.21. The predicted molar refractivity (Wildman–Crippen MR) is 110 cm³/mol. The lowest BCUT2D eigenvalue weighted by molar-refractivity contribution is -0.117. The van der Waals surface area contributed by atoms with Crippen LogP contribution in [0.2, 0.25) is 0 Å². The summed E-state index contributed by atoms with van der Waals surface area (Å²) in [4.78, 5) is 44.2. The van der Waals surface area contributed by atoms with Crippen LogP contribution in [0.25, 0.3) is 0 Å². The van der Waals surface area contributed by atoms with Crippen LogP contribution in [0, 0.1) is 5.82 Å². The van der Waals surface area contributed by atoms with Gasteiger partial charge >= 0.3 is 12.1 Å². The van der Waals surface area contributed by atoms with Crippen molar-refractivity contribution in [3.63, 3.8) is 0 Å². The Hall–Kier alpha value is -2.88. The number of hydrogen-bond acceptors (Lipinski definition) is 6. The highest BCUT2D eigenvalue weighted by atomic mass is 19.1. The molecule has 3 aliphatic rings. The first-order valence-electron chi connectivity index (χ1n) is 10.6. The second-order valence-electron chi connectivity index (χ2n) is 8.14. The Morgan fingerprint density at radius 3 is 2.74 bits per heavy atom. The largest absolute Gasteiger partial charge is 0.444 e. The van der Waals surface area contributed by atoms with Crippen molar-refractivity contribution in [1.82, 2.24) is 10.4 Å². The van der Waals surface area contributed by atoms with Crippen LogP contribution >= 0.6 is 0 Å². The quantitative estimate of drug-likeness (QED) is 0.740. The van der Waals surface area contributed by atoms with E-state index in [9.17, 15) is 18.8 Å². The molecule has 9 nitrogen and oxygen atoms in total. The smallest absolute Gasteiger partial charge is 0.414 e. The maximum absolute atomic E-state index is 14.9. The Labute approximate surface area is 180 Å². The van der Waals surface area contributed by atoms with E-state index < -0.39 is 11.9 Å². The molecule has 0 radical (unpaired) electrons. The molecule has 1 aromatic rings. The number of carbonyl (C=O) groups is 3. The van der Waals surface area contributed by atoms with Crippen LogP contribution in [0.3, 0.4) is 0 Å². The Morgan fingerprint density at radius 1 is 1.23 bits per heavy atom. The maximum Gasteiger partial charge on any atom is 0.414 e. The van der Waals surface area contributed by atoms with Crippen molar-refractivity contribution in [1.29, 1.82) is 0 Å². The summed E-state index contributed by atoms with van der Waals surface area (Å²) in [5.74, 6) is -0.428. The first kappa shape index (κ1) is 21.4. The fraction of sp³-hybridized carbons (Fsp3) is 0.571. The van der Waals surface area contributed by atoms with Crippen LogP contribution in [0.5, 0.6) is 0 Å². The zero-order valence-electron chi connectivity index (χ0n) is 17.5. The molecule has 2 heterocycles. The molecule has 3 fully saturated rings. The molecule has 0 bridgehead atoms. The lowest BCUT2D eigenvalue weighted by Gasteiger charge is -2.24. The second kappa shape index (κ2) is 9.09. The van der Waals surface area contributed by atoms with Crippen molar-refractivity contribution in [2.24, 2.45) is 0 Å². The summed E-state index contributed by atoms with van der Waals surface area (Å²) in [6, 6.07) is 4.59. The first-order valence-corrected chi connectivity index (χ1v) is 10.6. The van der Waals surface area contributed by atoms with Gasteiger partial charge in [0, 0.05) is 25.6 Å². The molecule has 1 N–H and O–H groups in total. The molecule has 0 unspecified atom stereocenters. The van der Waals surface area contributed by atoms with E-state index in [4.69, 9.17) is 9.57 Å². The molecule has 1 aliphatic carbocycles. The fourth-order valence-corrected chi connectivity index (χ4v) is 3.69. The lowest BCUT2D eigenvalue weighted by Crippen LogP contribution is -2.42. The molecule has 0 spiro atoms. The number of cyclic esters (lactones) is 1. The summed E-state index contributed by atoms with van der Waals surface area (Å²) < 4.78 is 20.2. The second-order valence-corrected chi connectivity index (χ2v) is 8.14. The van der Waals surface area contributed by atoms with Gasteiger partial charge < -0.3 is 19.7 Å². The number of urea groups is 1. The number of nitrogens with zero attached hydrogens (tertiary/aromatic N) is 3. The van der Waals surface area contributed by atoms with Gasteiger partial charge in [0.2, 0.25) is 0 Å². The lowest BCUT2D eigenvalue weighted by atomic mass is 10.1. The van der Waals surface area contributed by atoms with E-state index in [0.29, 0.717) is 43.9 Å². The number of rotatable bonds is 6. The summed E-state index contributed by atoms with van der Waals surface area (Å²) >= 11 is 0. The van der Waals surface area contributed by atoms with Gasteiger partial charge in [-0.15, -0.1) is 0 Å². The zero-order valence-corrected chi connectivity index (χ0v) is 17.5. The number of benzene rings is 1. The number of carbonyl (C=O) groups excluding carboxylic acids is 3. The van der Waals surface area contributed by atoms with Crippen molar-refractivity contribution >= 4 is 29.3 Å². The molecule has 2 aliphatic heterocycles. The molecule has 4 rings (SSSR count). The number of amides is 3. The van der Waals surface area contributed by atoms with E-state index in [1.165, 1.54) is 23.0 Å². The molecular formula is C21H27FN4O5. The van der Waals surface area contributed by atoms with Crippen LogP contribution in [0.1, 0.15) is 32.6 Å². The van der Waals surface area contributed by atoms with E-state index in [1.807, 2.05) is 4.90 Å². The number of halogens is 1. The van der Waals surface area contributed by atoms with E-state index in [-0.39, 0.29) is 37.1 Å². The van der Waals surface area contributed by atoms with Gasteiger partial charge in [0.15, 0.2) is 0 Å². The van der Waals surface area contributed by atoms with Crippen LogP contribution in [-0.2, 0) is 14.4 Å². The van der Waals surface area contributed by atoms with Crippen LogP contribution < -0.4 is 15.1 Å². The van der Waals surface area contributed by atoms with Gasteiger partial charge in [0.1, 0.15) is 17.7 Å². The summed E-state index contributed by atoms with van der Waals surface area (Å²) in [5, 5.41) is 4.18. The number of anilines is 2. The van der Waals surface area contributed by atoms with E-state index in [1.54, 1.807) is 12.1 Å². The number of ether oxygens (including phenoxy) is 1. The Kier molecular flexibility index (Phi) is 6.26. The number of Topliss-reactive ketones (excluding diaryl/α,β-unsaturated/α-hetero) is 1. The molecule has 0 aromatic heterocycles. The fourth-order valence-electron chi connectivity index (χ4n) is 3.69. The molecule has 1 atom stereocenters. The Morgan fingerprint density at radius 2 is 2.03 bits per heavy atom. The van der Waals surface area contributed by atoms with Crippen LogP contribution in [0.4, 0.5) is 25.4 Å². The minimum Gasteiger partial charge on any atom is -0.444 e. The topological polar surface area (TPSA) is 91.4 Å². The zero-order chi connectivity index (χ0) is 22.0. The molecule has 31 heavy (non-hydrogen) atoms. The van der Waals surface area contributed by atoms with E-state index in [0.717, 1.165) is 12.8 Å². The molecular weight excluding hydrogens is 407 g/mol.